The van der Waals surface area contributed by atoms with Crippen molar-refractivity contribution in [2.45, 2.75) is 48.0 Å². The predicted molar refractivity (Wildman–Crippen MR) is 130 cm³/mol. The minimum Gasteiger partial charge on any atom is -0.390 e. The number of rotatable bonds is 9. The summed E-state index contributed by atoms with van der Waals surface area (Å²) in [5, 5.41) is 11.7. The predicted octanol–water partition coefficient (Wildman–Crippen LogP) is 3.15. The second-order valence-electron chi connectivity index (χ2n) is 8.29. The van der Waals surface area contributed by atoms with E-state index in [-0.39, 0.29) is 4.90 Å². The molecule has 1 aliphatic heterocycles. The van der Waals surface area contributed by atoms with Gasteiger partial charge >= 0.3 is 0 Å². The molecule has 1 saturated heterocycles. The van der Waals surface area contributed by atoms with Crippen molar-refractivity contribution in [1.29, 1.82) is 0 Å². The molecule has 1 N–H and O–H groups in total. The smallest absolute Gasteiger partial charge is 0.243 e. The SMILES string of the molecule is CSc1cnc(CCC(C)(O)CCc2nc3ccc(S(=O)(=O)N4CCOCC4)cc3s2)nc1. The lowest BCUT2D eigenvalue weighted by molar-refractivity contribution is 0.0420. The molecule has 0 bridgehead atoms. The van der Waals surface area contributed by atoms with Crippen LogP contribution in [0.15, 0.2) is 40.4 Å². The van der Waals surface area contributed by atoms with Crippen molar-refractivity contribution in [1.82, 2.24) is 19.3 Å². The molecule has 0 saturated carbocycles. The van der Waals surface area contributed by atoms with Crippen LogP contribution in [0.25, 0.3) is 10.2 Å². The number of ether oxygens (including phenoxy) is 1. The van der Waals surface area contributed by atoms with E-state index in [1.54, 1.807) is 42.4 Å². The quantitative estimate of drug-likeness (QED) is 0.440. The summed E-state index contributed by atoms with van der Waals surface area (Å²) in [5.41, 5.74) is -0.0950. The summed E-state index contributed by atoms with van der Waals surface area (Å²) in [4.78, 5) is 14.6. The molecular weight excluding hydrogens is 480 g/mol. The van der Waals surface area contributed by atoms with Crippen LogP contribution in [0.4, 0.5) is 0 Å². The molecule has 0 amide bonds. The summed E-state index contributed by atoms with van der Waals surface area (Å²) in [7, 11) is -3.54. The third-order valence-electron chi connectivity index (χ3n) is 5.69. The van der Waals surface area contributed by atoms with Crippen molar-refractivity contribution in [3.8, 4) is 0 Å². The van der Waals surface area contributed by atoms with Gasteiger partial charge in [0, 0.05) is 43.2 Å². The average Bonchev–Trinajstić information content (AvgIpc) is 3.25. The number of hydrogen-bond donors (Lipinski definition) is 1. The molecule has 4 rings (SSSR count). The molecule has 3 aromatic rings. The normalized spacial score (nSPS) is 17.3. The van der Waals surface area contributed by atoms with E-state index in [2.05, 4.69) is 15.0 Å². The highest BCUT2D eigenvalue weighted by atomic mass is 32.2. The Bertz CT molecular complexity index is 1190. The third kappa shape index (κ3) is 6.09. The molecule has 1 aromatic carbocycles. The molecular formula is C22H28N4O4S3. The number of sulfonamides is 1. The number of hydrogen-bond acceptors (Lipinski definition) is 9. The molecule has 1 aliphatic rings. The maximum Gasteiger partial charge on any atom is 0.243 e. The van der Waals surface area contributed by atoms with E-state index >= 15 is 0 Å². The van der Waals surface area contributed by atoms with Gasteiger partial charge in [-0.3, -0.25) is 0 Å². The first-order valence-corrected chi connectivity index (χ1v) is 14.3. The molecule has 2 aromatic heterocycles. The number of morpholine rings is 1. The van der Waals surface area contributed by atoms with Crippen LogP contribution in [0.3, 0.4) is 0 Å². The van der Waals surface area contributed by atoms with Crippen molar-refractivity contribution in [2.24, 2.45) is 0 Å². The van der Waals surface area contributed by atoms with Gasteiger partial charge in [0.15, 0.2) is 0 Å². The first-order chi connectivity index (χ1) is 15.8. The standard InChI is InChI=1S/C22H28N4O4S3/c1-22(27,7-5-20-23-14-16(31-2)15-24-20)8-6-21-25-18-4-3-17(13-19(18)32-21)33(28,29)26-9-11-30-12-10-26/h3-4,13-15,27H,5-12H2,1-2H3. The van der Waals surface area contributed by atoms with Gasteiger partial charge in [0.1, 0.15) is 5.82 Å². The van der Waals surface area contributed by atoms with E-state index in [1.807, 2.05) is 13.2 Å². The zero-order chi connectivity index (χ0) is 23.5. The van der Waals surface area contributed by atoms with Gasteiger partial charge in [-0.1, -0.05) is 0 Å². The van der Waals surface area contributed by atoms with E-state index in [4.69, 9.17) is 4.74 Å². The van der Waals surface area contributed by atoms with Crippen molar-refractivity contribution in [3.63, 3.8) is 0 Å². The summed E-state index contributed by atoms with van der Waals surface area (Å²) >= 11 is 3.07. The highest BCUT2D eigenvalue weighted by Gasteiger charge is 2.27. The minimum atomic E-state index is -3.54. The molecule has 178 valence electrons. The second-order valence-corrected chi connectivity index (χ2v) is 12.2. The molecule has 0 spiro atoms. The van der Waals surface area contributed by atoms with E-state index < -0.39 is 15.6 Å². The molecule has 11 heteroatoms. The lowest BCUT2D eigenvalue weighted by Gasteiger charge is -2.25. The van der Waals surface area contributed by atoms with Crippen molar-refractivity contribution in [3.05, 3.63) is 41.4 Å². The number of thioether (sulfide) groups is 1. The van der Waals surface area contributed by atoms with Gasteiger partial charge in [0.2, 0.25) is 10.0 Å². The van der Waals surface area contributed by atoms with Gasteiger partial charge in [0.25, 0.3) is 0 Å². The summed E-state index contributed by atoms with van der Waals surface area (Å²) in [6.45, 7) is 3.40. The van der Waals surface area contributed by atoms with Crippen LogP contribution in [0, 0.1) is 0 Å². The van der Waals surface area contributed by atoms with Crippen molar-refractivity contribution < 1.29 is 18.3 Å². The van der Waals surface area contributed by atoms with Gasteiger partial charge in [-0.15, -0.1) is 23.1 Å². The molecule has 0 aliphatic carbocycles. The Morgan fingerprint density at radius 3 is 2.58 bits per heavy atom. The fourth-order valence-corrected chi connectivity index (χ4v) is 6.45. The molecule has 1 fully saturated rings. The highest BCUT2D eigenvalue weighted by Crippen LogP contribution is 2.29. The molecule has 1 atom stereocenters. The molecule has 1 unspecified atom stereocenters. The minimum absolute atomic E-state index is 0.284. The number of aromatic nitrogens is 3. The van der Waals surface area contributed by atoms with Gasteiger partial charge in [-0.05, 0) is 44.2 Å². The van der Waals surface area contributed by atoms with Gasteiger partial charge in [0.05, 0.1) is 38.9 Å². The second kappa shape index (κ2) is 10.3. The fourth-order valence-electron chi connectivity index (χ4n) is 3.62. The summed E-state index contributed by atoms with van der Waals surface area (Å²) in [6, 6.07) is 5.08. The number of fused-ring (bicyclic) bond motifs is 1. The molecule has 33 heavy (non-hydrogen) atoms. The average molecular weight is 509 g/mol. The number of benzene rings is 1. The molecule has 3 heterocycles. The highest BCUT2D eigenvalue weighted by molar-refractivity contribution is 7.98. The molecule has 0 radical (unpaired) electrons. The van der Waals surface area contributed by atoms with Gasteiger partial charge in [-0.2, -0.15) is 4.31 Å². The van der Waals surface area contributed by atoms with E-state index in [0.717, 1.165) is 25.9 Å². The number of thiazole rings is 1. The van der Waals surface area contributed by atoms with Gasteiger partial charge in [-0.25, -0.2) is 23.4 Å². The van der Waals surface area contributed by atoms with Crippen LogP contribution in [-0.4, -0.2) is 70.9 Å². The summed E-state index contributed by atoms with van der Waals surface area (Å²) in [5.74, 6) is 0.724. The van der Waals surface area contributed by atoms with Crippen molar-refractivity contribution in [2.75, 3.05) is 32.6 Å². The first-order valence-electron chi connectivity index (χ1n) is 10.8. The Labute approximate surface area is 202 Å². The first kappa shape index (κ1) is 24.5. The van der Waals surface area contributed by atoms with Crippen LogP contribution in [0.5, 0.6) is 0 Å². The largest absolute Gasteiger partial charge is 0.390 e. The Kier molecular flexibility index (Phi) is 7.66. The van der Waals surface area contributed by atoms with Crippen LogP contribution in [-0.2, 0) is 27.6 Å². The molecule has 8 nitrogen and oxygen atoms in total. The summed E-state index contributed by atoms with van der Waals surface area (Å²) in [6.07, 6.45) is 7.91. The van der Waals surface area contributed by atoms with Crippen LogP contribution in [0.2, 0.25) is 0 Å². The zero-order valence-corrected chi connectivity index (χ0v) is 21.2. The lowest BCUT2D eigenvalue weighted by atomic mass is 9.94. The Balaban J connectivity index is 1.39. The summed E-state index contributed by atoms with van der Waals surface area (Å²) < 4.78 is 33.4. The van der Waals surface area contributed by atoms with Crippen LogP contribution < -0.4 is 0 Å². The Hall–Kier alpha value is -1.63. The third-order valence-corrected chi connectivity index (χ3v) is 9.35. The van der Waals surface area contributed by atoms with Crippen LogP contribution in [0.1, 0.15) is 30.6 Å². The number of aryl methyl sites for hydroxylation is 2. The van der Waals surface area contributed by atoms with E-state index in [9.17, 15) is 13.5 Å². The number of aliphatic hydroxyl groups is 1. The number of nitrogens with zero attached hydrogens (tertiary/aromatic N) is 4. The lowest BCUT2D eigenvalue weighted by Crippen LogP contribution is -2.40. The van der Waals surface area contributed by atoms with E-state index in [1.165, 1.54) is 15.6 Å². The van der Waals surface area contributed by atoms with Crippen LogP contribution >= 0.6 is 23.1 Å². The van der Waals surface area contributed by atoms with Gasteiger partial charge < -0.3 is 9.84 Å². The zero-order valence-electron chi connectivity index (χ0n) is 18.7. The van der Waals surface area contributed by atoms with Crippen molar-refractivity contribution >= 4 is 43.3 Å². The Morgan fingerprint density at radius 2 is 1.88 bits per heavy atom. The fraction of sp³-hybridized carbons (Fsp3) is 0.500. The monoisotopic (exact) mass is 508 g/mol. The Morgan fingerprint density at radius 1 is 1.18 bits per heavy atom. The van der Waals surface area contributed by atoms with E-state index in [0.29, 0.717) is 52.0 Å². The topological polar surface area (TPSA) is 106 Å². The maximum absolute atomic E-state index is 12.9. The maximum atomic E-state index is 12.9.